The van der Waals surface area contributed by atoms with Crippen LogP contribution in [0, 0.1) is 0 Å². The highest BCUT2D eigenvalue weighted by molar-refractivity contribution is 6.35. The standard InChI is InChI=1S/C10H6ClNO2/c11-8-5-12-9(10(13)14)7-4-2-1-3-6(7)8/h1-5H,(H,13,14). The van der Waals surface area contributed by atoms with E-state index in [4.69, 9.17) is 16.7 Å². The molecule has 2 rings (SSSR count). The minimum Gasteiger partial charge on any atom is -0.476 e. The summed E-state index contributed by atoms with van der Waals surface area (Å²) in [4.78, 5) is 14.6. The molecule has 0 fully saturated rings. The molecule has 0 aliphatic heterocycles. The normalized spacial score (nSPS) is 10.4. The molecule has 14 heavy (non-hydrogen) atoms. The Morgan fingerprint density at radius 1 is 1.29 bits per heavy atom. The van der Waals surface area contributed by atoms with Gasteiger partial charge in [-0.2, -0.15) is 0 Å². The van der Waals surface area contributed by atoms with Gasteiger partial charge >= 0.3 is 5.97 Å². The predicted octanol–water partition coefficient (Wildman–Crippen LogP) is 2.59. The van der Waals surface area contributed by atoms with Gasteiger partial charge < -0.3 is 5.11 Å². The van der Waals surface area contributed by atoms with Crippen molar-refractivity contribution in [2.24, 2.45) is 0 Å². The van der Waals surface area contributed by atoms with Gasteiger partial charge in [-0.3, -0.25) is 0 Å². The Hall–Kier alpha value is -1.61. The Morgan fingerprint density at radius 3 is 2.57 bits per heavy atom. The number of carboxylic acid groups (broad SMARTS) is 1. The molecule has 0 saturated carbocycles. The SMILES string of the molecule is O=C(O)c1ncc(Cl)c2ccccc12. The van der Waals surface area contributed by atoms with Crippen LogP contribution in [0.2, 0.25) is 5.02 Å². The largest absolute Gasteiger partial charge is 0.476 e. The molecule has 2 aromatic rings. The van der Waals surface area contributed by atoms with Crippen LogP contribution in [0.4, 0.5) is 0 Å². The molecule has 0 unspecified atom stereocenters. The molecular formula is C10H6ClNO2. The lowest BCUT2D eigenvalue weighted by molar-refractivity contribution is 0.0693. The van der Waals surface area contributed by atoms with Crippen LogP contribution in [0.25, 0.3) is 10.8 Å². The second kappa shape index (κ2) is 3.27. The number of aromatic nitrogens is 1. The van der Waals surface area contributed by atoms with E-state index < -0.39 is 5.97 Å². The van der Waals surface area contributed by atoms with Crippen molar-refractivity contribution in [1.29, 1.82) is 0 Å². The molecule has 0 saturated heterocycles. The zero-order chi connectivity index (χ0) is 10.1. The summed E-state index contributed by atoms with van der Waals surface area (Å²) >= 11 is 5.88. The highest BCUT2D eigenvalue weighted by Crippen LogP contribution is 2.24. The van der Waals surface area contributed by atoms with Crippen molar-refractivity contribution >= 4 is 28.3 Å². The Labute approximate surface area is 85.0 Å². The summed E-state index contributed by atoms with van der Waals surface area (Å²) in [5, 5.41) is 10.6. The molecule has 0 aliphatic carbocycles. The lowest BCUT2D eigenvalue weighted by Gasteiger charge is -2.02. The van der Waals surface area contributed by atoms with E-state index in [1.807, 2.05) is 0 Å². The molecule has 4 heteroatoms. The van der Waals surface area contributed by atoms with Crippen molar-refractivity contribution in [1.82, 2.24) is 4.98 Å². The van der Waals surface area contributed by atoms with Crippen LogP contribution in [-0.2, 0) is 0 Å². The number of hydrogen-bond donors (Lipinski definition) is 1. The number of aromatic carboxylic acids is 1. The molecule has 0 amide bonds. The number of nitrogens with zero attached hydrogens (tertiary/aromatic N) is 1. The van der Waals surface area contributed by atoms with Crippen LogP contribution in [0.15, 0.2) is 30.5 Å². The number of pyridine rings is 1. The zero-order valence-corrected chi connectivity index (χ0v) is 7.82. The first-order chi connectivity index (χ1) is 6.70. The monoisotopic (exact) mass is 207 g/mol. The average molecular weight is 208 g/mol. The Morgan fingerprint density at radius 2 is 1.93 bits per heavy atom. The summed E-state index contributed by atoms with van der Waals surface area (Å²) in [5.74, 6) is -1.04. The van der Waals surface area contributed by atoms with Gasteiger partial charge in [0.25, 0.3) is 0 Å². The van der Waals surface area contributed by atoms with Gasteiger partial charge in [0.15, 0.2) is 5.69 Å². The first-order valence-electron chi connectivity index (χ1n) is 3.96. The van der Waals surface area contributed by atoms with Gasteiger partial charge in [0, 0.05) is 17.0 Å². The number of halogens is 1. The molecule has 70 valence electrons. The van der Waals surface area contributed by atoms with Gasteiger partial charge in [-0.1, -0.05) is 35.9 Å². The van der Waals surface area contributed by atoms with E-state index in [0.717, 1.165) is 0 Å². The van der Waals surface area contributed by atoms with Gasteiger partial charge in [-0.05, 0) is 0 Å². The first-order valence-corrected chi connectivity index (χ1v) is 4.34. The zero-order valence-electron chi connectivity index (χ0n) is 7.07. The van der Waals surface area contributed by atoms with Crippen LogP contribution < -0.4 is 0 Å². The van der Waals surface area contributed by atoms with Gasteiger partial charge in [-0.25, -0.2) is 9.78 Å². The number of carbonyl (C=O) groups is 1. The van der Waals surface area contributed by atoms with Crippen LogP contribution >= 0.6 is 11.6 Å². The summed E-state index contributed by atoms with van der Waals surface area (Å²) < 4.78 is 0. The first kappa shape index (κ1) is 8.97. The maximum atomic E-state index is 10.8. The molecule has 0 aliphatic rings. The van der Waals surface area contributed by atoms with Gasteiger partial charge in [-0.15, -0.1) is 0 Å². The van der Waals surface area contributed by atoms with Gasteiger partial charge in [0.2, 0.25) is 0 Å². The second-order valence-corrected chi connectivity index (χ2v) is 3.21. The van der Waals surface area contributed by atoms with Gasteiger partial charge in [0.05, 0.1) is 5.02 Å². The lowest BCUT2D eigenvalue weighted by atomic mass is 10.1. The molecule has 1 aromatic heterocycles. The number of benzene rings is 1. The average Bonchev–Trinajstić information content (AvgIpc) is 2.18. The molecule has 1 aromatic carbocycles. The third-order valence-corrected chi connectivity index (χ3v) is 2.25. The van der Waals surface area contributed by atoms with Crippen molar-refractivity contribution in [3.63, 3.8) is 0 Å². The lowest BCUT2D eigenvalue weighted by Crippen LogP contribution is -2.00. The molecule has 3 nitrogen and oxygen atoms in total. The van der Waals surface area contributed by atoms with Crippen LogP contribution in [0.3, 0.4) is 0 Å². The molecule has 0 bridgehead atoms. The topological polar surface area (TPSA) is 50.2 Å². The predicted molar refractivity (Wildman–Crippen MR) is 53.7 cm³/mol. The van der Waals surface area contributed by atoms with Gasteiger partial charge in [0.1, 0.15) is 0 Å². The molecule has 1 N–H and O–H groups in total. The van der Waals surface area contributed by atoms with E-state index in [1.54, 1.807) is 24.3 Å². The summed E-state index contributed by atoms with van der Waals surface area (Å²) in [5.41, 5.74) is 0.0324. The van der Waals surface area contributed by atoms with Crippen molar-refractivity contribution < 1.29 is 9.90 Å². The van der Waals surface area contributed by atoms with Crippen molar-refractivity contribution in [2.75, 3.05) is 0 Å². The highest BCUT2D eigenvalue weighted by Gasteiger charge is 2.11. The Kier molecular flexibility index (Phi) is 2.09. The summed E-state index contributed by atoms with van der Waals surface area (Å²) in [6, 6.07) is 7.02. The molecule has 1 heterocycles. The Balaban J connectivity index is 2.88. The van der Waals surface area contributed by atoms with Crippen molar-refractivity contribution in [3.05, 3.63) is 41.2 Å². The molecule has 0 spiro atoms. The van der Waals surface area contributed by atoms with Crippen molar-refractivity contribution in [3.8, 4) is 0 Å². The quantitative estimate of drug-likeness (QED) is 0.782. The van der Waals surface area contributed by atoms with Crippen LogP contribution in [-0.4, -0.2) is 16.1 Å². The van der Waals surface area contributed by atoms with E-state index in [9.17, 15) is 4.79 Å². The van der Waals surface area contributed by atoms with E-state index in [1.165, 1.54) is 6.20 Å². The number of carboxylic acids is 1. The van der Waals surface area contributed by atoms with E-state index >= 15 is 0 Å². The number of rotatable bonds is 1. The minimum atomic E-state index is -1.04. The van der Waals surface area contributed by atoms with Crippen LogP contribution in [0.5, 0.6) is 0 Å². The Bertz CT molecular complexity index is 510. The molecule has 0 radical (unpaired) electrons. The number of fused-ring (bicyclic) bond motifs is 1. The summed E-state index contributed by atoms with van der Waals surface area (Å²) in [7, 11) is 0. The van der Waals surface area contributed by atoms with E-state index in [-0.39, 0.29) is 5.69 Å². The summed E-state index contributed by atoms with van der Waals surface area (Å²) in [6.07, 6.45) is 1.35. The maximum absolute atomic E-state index is 10.8. The minimum absolute atomic E-state index is 0.0324. The van der Waals surface area contributed by atoms with Crippen molar-refractivity contribution in [2.45, 2.75) is 0 Å². The second-order valence-electron chi connectivity index (χ2n) is 2.81. The molecule has 0 atom stereocenters. The van der Waals surface area contributed by atoms with E-state index in [0.29, 0.717) is 15.8 Å². The van der Waals surface area contributed by atoms with E-state index in [2.05, 4.69) is 4.98 Å². The third kappa shape index (κ3) is 1.32. The maximum Gasteiger partial charge on any atom is 0.355 e. The number of hydrogen-bond acceptors (Lipinski definition) is 2. The highest BCUT2D eigenvalue weighted by atomic mass is 35.5. The fourth-order valence-corrected chi connectivity index (χ4v) is 1.54. The molecular weight excluding hydrogens is 202 g/mol. The van der Waals surface area contributed by atoms with Crippen LogP contribution in [0.1, 0.15) is 10.5 Å². The fourth-order valence-electron chi connectivity index (χ4n) is 1.33. The fraction of sp³-hybridized carbons (Fsp3) is 0. The smallest absolute Gasteiger partial charge is 0.355 e. The summed E-state index contributed by atoms with van der Waals surface area (Å²) in [6.45, 7) is 0. The third-order valence-electron chi connectivity index (χ3n) is 1.95.